The number of alkyl halides is 2. The van der Waals surface area contributed by atoms with Crippen LogP contribution in [0.2, 0.25) is 0 Å². The zero-order valence-electron chi connectivity index (χ0n) is 15.5. The van der Waals surface area contributed by atoms with Crippen LogP contribution in [0.3, 0.4) is 0 Å². The first kappa shape index (κ1) is 20.9. The first-order chi connectivity index (χ1) is 13.0. The van der Waals surface area contributed by atoms with Gasteiger partial charge in [0.05, 0.1) is 6.54 Å². The number of nitrogens with one attached hydrogen (secondary N) is 2. The number of nitrogens with zero attached hydrogens (tertiary/aromatic N) is 2. The number of halogens is 2. The molecule has 1 fully saturated rings. The lowest BCUT2D eigenvalue weighted by atomic mass is 10.1. The quantitative estimate of drug-likeness (QED) is 0.459. The lowest BCUT2D eigenvalue weighted by Gasteiger charge is -2.32. The molecule has 1 saturated heterocycles. The van der Waals surface area contributed by atoms with Gasteiger partial charge in [-0.05, 0) is 30.5 Å². The third-order valence-electron chi connectivity index (χ3n) is 4.29. The van der Waals surface area contributed by atoms with Crippen LogP contribution in [-0.4, -0.2) is 62.5 Å². The molecule has 0 unspecified atom stereocenters. The molecule has 1 aliphatic rings. The van der Waals surface area contributed by atoms with Crippen molar-refractivity contribution in [2.45, 2.75) is 31.9 Å². The summed E-state index contributed by atoms with van der Waals surface area (Å²) < 4.78 is 30.2. The number of benzene rings is 1. The molecule has 150 valence electrons. The second-order valence-electron chi connectivity index (χ2n) is 6.44. The molecule has 1 aliphatic heterocycles. The minimum atomic E-state index is -2.29. The second-order valence-corrected chi connectivity index (χ2v) is 6.44. The van der Waals surface area contributed by atoms with Gasteiger partial charge in [0.25, 0.3) is 12.3 Å². The Morgan fingerprint density at radius 2 is 2.15 bits per heavy atom. The molecule has 7 nitrogen and oxygen atoms in total. The van der Waals surface area contributed by atoms with Crippen LogP contribution in [0.4, 0.5) is 8.78 Å². The SMILES string of the molecule is CN=C(NCc1cccc(OCC(N)=O)c1)NC1CCN(CC(F)F)CC1. The molecule has 9 heteroatoms. The molecular weight excluding hydrogens is 356 g/mol. The summed E-state index contributed by atoms with van der Waals surface area (Å²) in [7, 11) is 1.69. The normalized spacial score (nSPS) is 16.4. The molecule has 1 aromatic rings. The molecule has 1 aromatic carbocycles. The number of piperidine rings is 1. The zero-order chi connectivity index (χ0) is 19.6. The average molecular weight is 383 g/mol. The number of nitrogens with two attached hydrogens (primary N) is 1. The molecule has 0 bridgehead atoms. The van der Waals surface area contributed by atoms with Crippen molar-refractivity contribution in [2.75, 3.05) is 33.3 Å². The Hall–Kier alpha value is -2.42. The van der Waals surface area contributed by atoms with E-state index in [0.717, 1.165) is 18.4 Å². The maximum absolute atomic E-state index is 12.4. The molecular formula is C18H27F2N5O2. The van der Waals surface area contributed by atoms with Crippen LogP contribution in [0.15, 0.2) is 29.3 Å². The molecule has 0 aliphatic carbocycles. The maximum atomic E-state index is 12.4. The van der Waals surface area contributed by atoms with E-state index in [4.69, 9.17) is 10.5 Å². The molecule has 0 aromatic heterocycles. The van der Waals surface area contributed by atoms with Crippen LogP contribution >= 0.6 is 0 Å². The van der Waals surface area contributed by atoms with E-state index in [1.54, 1.807) is 18.0 Å². The zero-order valence-corrected chi connectivity index (χ0v) is 15.5. The number of likely N-dealkylation sites (tertiary alicyclic amines) is 1. The number of primary amides is 1. The van der Waals surface area contributed by atoms with Crippen molar-refractivity contribution < 1.29 is 18.3 Å². The summed E-state index contributed by atoms with van der Waals surface area (Å²) in [5, 5.41) is 6.56. The fourth-order valence-corrected chi connectivity index (χ4v) is 2.93. The minimum absolute atomic E-state index is 0.159. The monoisotopic (exact) mass is 383 g/mol. The van der Waals surface area contributed by atoms with Gasteiger partial charge >= 0.3 is 0 Å². The van der Waals surface area contributed by atoms with Crippen molar-refractivity contribution >= 4 is 11.9 Å². The Bertz CT molecular complexity index is 634. The fourth-order valence-electron chi connectivity index (χ4n) is 2.93. The topological polar surface area (TPSA) is 92.0 Å². The van der Waals surface area contributed by atoms with E-state index in [0.29, 0.717) is 31.3 Å². The van der Waals surface area contributed by atoms with Gasteiger partial charge < -0.3 is 21.1 Å². The number of hydrogen-bond donors (Lipinski definition) is 3. The summed E-state index contributed by atoms with van der Waals surface area (Å²) in [4.78, 5) is 16.8. The molecule has 1 heterocycles. The Morgan fingerprint density at radius 1 is 1.41 bits per heavy atom. The first-order valence-electron chi connectivity index (χ1n) is 8.94. The number of carbonyl (C=O) groups is 1. The van der Waals surface area contributed by atoms with Gasteiger partial charge in [-0.25, -0.2) is 8.78 Å². The molecule has 0 atom stereocenters. The van der Waals surface area contributed by atoms with Crippen LogP contribution in [0.5, 0.6) is 5.75 Å². The van der Waals surface area contributed by atoms with Gasteiger partial charge in [-0.3, -0.25) is 14.7 Å². The van der Waals surface area contributed by atoms with Gasteiger partial charge in [0.15, 0.2) is 12.6 Å². The first-order valence-corrected chi connectivity index (χ1v) is 8.94. The summed E-state index contributed by atoms with van der Waals surface area (Å²) in [6.07, 6.45) is -0.695. The second kappa shape index (κ2) is 10.7. The van der Waals surface area contributed by atoms with Gasteiger partial charge in [0.1, 0.15) is 5.75 Å². The van der Waals surface area contributed by atoms with Crippen LogP contribution in [0, 0.1) is 0 Å². The largest absolute Gasteiger partial charge is 0.484 e. The van der Waals surface area contributed by atoms with Crippen LogP contribution in [0.25, 0.3) is 0 Å². The predicted molar refractivity (Wildman–Crippen MR) is 99.9 cm³/mol. The van der Waals surface area contributed by atoms with Gasteiger partial charge in [0.2, 0.25) is 0 Å². The van der Waals surface area contributed by atoms with Gasteiger partial charge in [-0.1, -0.05) is 12.1 Å². The molecule has 2 rings (SSSR count). The highest BCUT2D eigenvalue weighted by Gasteiger charge is 2.21. The van der Waals surface area contributed by atoms with Crippen LogP contribution < -0.4 is 21.1 Å². The lowest BCUT2D eigenvalue weighted by Crippen LogP contribution is -2.49. The molecule has 0 spiro atoms. The molecule has 0 radical (unpaired) electrons. The number of carbonyl (C=O) groups excluding carboxylic acids is 1. The molecule has 0 saturated carbocycles. The van der Waals surface area contributed by atoms with E-state index >= 15 is 0 Å². The Labute approximate surface area is 158 Å². The Morgan fingerprint density at radius 3 is 2.78 bits per heavy atom. The van der Waals surface area contributed by atoms with Crippen LogP contribution in [0.1, 0.15) is 18.4 Å². The van der Waals surface area contributed by atoms with E-state index in [9.17, 15) is 13.6 Å². The van der Waals surface area contributed by atoms with Crippen molar-refractivity contribution in [3.63, 3.8) is 0 Å². The van der Waals surface area contributed by atoms with Gasteiger partial charge in [-0.15, -0.1) is 0 Å². The van der Waals surface area contributed by atoms with E-state index in [-0.39, 0.29) is 19.2 Å². The number of hydrogen-bond acceptors (Lipinski definition) is 4. The van der Waals surface area contributed by atoms with Crippen molar-refractivity contribution in [1.82, 2.24) is 15.5 Å². The third-order valence-corrected chi connectivity index (χ3v) is 4.29. The summed E-state index contributed by atoms with van der Waals surface area (Å²) in [5.41, 5.74) is 6.04. The average Bonchev–Trinajstić information content (AvgIpc) is 2.64. The Kier molecular flexibility index (Phi) is 8.25. The lowest BCUT2D eigenvalue weighted by molar-refractivity contribution is -0.119. The van der Waals surface area contributed by atoms with E-state index in [2.05, 4.69) is 15.6 Å². The summed E-state index contributed by atoms with van der Waals surface area (Å²) in [5.74, 6) is 0.705. The summed E-state index contributed by atoms with van der Waals surface area (Å²) >= 11 is 0. The van der Waals surface area contributed by atoms with Gasteiger partial charge in [0, 0.05) is 32.7 Å². The summed E-state index contributed by atoms with van der Waals surface area (Å²) in [6, 6.07) is 7.55. The number of ether oxygens (including phenoxy) is 1. The molecule has 4 N–H and O–H groups in total. The van der Waals surface area contributed by atoms with Crippen molar-refractivity contribution in [2.24, 2.45) is 10.7 Å². The minimum Gasteiger partial charge on any atom is -0.484 e. The van der Waals surface area contributed by atoms with Crippen molar-refractivity contribution in [3.05, 3.63) is 29.8 Å². The van der Waals surface area contributed by atoms with Crippen molar-refractivity contribution in [3.8, 4) is 5.75 Å². The van der Waals surface area contributed by atoms with E-state index < -0.39 is 12.3 Å². The van der Waals surface area contributed by atoms with Crippen molar-refractivity contribution in [1.29, 1.82) is 0 Å². The Balaban J connectivity index is 1.77. The number of rotatable bonds is 8. The molecule has 27 heavy (non-hydrogen) atoms. The number of guanidine groups is 1. The highest BCUT2D eigenvalue weighted by molar-refractivity contribution is 5.80. The standard InChI is InChI=1S/C18H27F2N5O2/c1-22-18(24-14-5-7-25(8-6-14)11-16(19)20)23-10-13-3-2-4-15(9-13)27-12-17(21)26/h2-4,9,14,16H,5-8,10-12H2,1H3,(H2,21,26)(H2,22,23,24). The van der Waals surface area contributed by atoms with Gasteiger partial charge in [-0.2, -0.15) is 0 Å². The number of aliphatic imine (C=N–C) groups is 1. The predicted octanol–water partition coefficient (Wildman–Crippen LogP) is 0.945. The third kappa shape index (κ3) is 7.78. The smallest absolute Gasteiger partial charge is 0.255 e. The highest BCUT2D eigenvalue weighted by Crippen LogP contribution is 2.14. The highest BCUT2D eigenvalue weighted by atomic mass is 19.3. The fraction of sp³-hybridized carbons (Fsp3) is 0.556. The van der Waals surface area contributed by atoms with E-state index in [1.807, 2.05) is 18.2 Å². The van der Waals surface area contributed by atoms with E-state index in [1.165, 1.54) is 0 Å². The maximum Gasteiger partial charge on any atom is 0.255 e. The molecule has 1 amide bonds. The number of amides is 1. The van der Waals surface area contributed by atoms with Crippen LogP contribution in [-0.2, 0) is 11.3 Å². The summed E-state index contributed by atoms with van der Waals surface area (Å²) in [6.45, 7) is 1.51.